The molecule has 2 unspecified atom stereocenters. The van der Waals surface area contributed by atoms with Crippen LogP contribution < -0.4 is 0 Å². The minimum atomic E-state index is -4.96. The minimum Gasteiger partial charge on any atom is -0.462 e. The van der Waals surface area contributed by atoms with Crippen molar-refractivity contribution in [3.05, 3.63) is 0 Å². The van der Waals surface area contributed by atoms with Crippen molar-refractivity contribution in [2.75, 3.05) is 39.6 Å². The largest absolute Gasteiger partial charge is 0.472 e. The summed E-state index contributed by atoms with van der Waals surface area (Å²) in [6, 6.07) is 0. The van der Waals surface area contributed by atoms with Crippen molar-refractivity contribution in [3.63, 3.8) is 0 Å². The number of aliphatic hydroxyl groups excluding tert-OH is 1. The number of ether oxygens (including phenoxy) is 4. The van der Waals surface area contributed by atoms with Crippen molar-refractivity contribution >= 4 is 39.5 Å². The smallest absolute Gasteiger partial charge is 0.462 e. The summed E-state index contributed by atoms with van der Waals surface area (Å²) >= 11 is 0. The van der Waals surface area contributed by atoms with Gasteiger partial charge >= 0.3 is 39.5 Å². The van der Waals surface area contributed by atoms with Crippen LogP contribution in [0.1, 0.15) is 439 Å². The van der Waals surface area contributed by atoms with Crippen molar-refractivity contribution in [1.82, 2.24) is 0 Å². The lowest BCUT2D eigenvalue weighted by Gasteiger charge is -2.21. The molecule has 0 heterocycles. The molecule has 0 radical (unpaired) electrons. The second-order valence-corrected chi connectivity index (χ2v) is 32.9. The molecule has 19 heteroatoms. The predicted molar refractivity (Wildman–Crippen MR) is 414 cm³/mol. The highest BCUT2D eigenvalue weighted by molar-refractivity contribution is 7.47. The standard InChI is InChI=1S/C82H160O17P2/c1-6-9-12-15-18-21-24-27-28-32-37-41-46-51-56-61-66-80(85)93-72-78(99-82(87)68-63-58-53-48-43-38-33-30-29-31-36-39-44-49-54-59-64-75(4)5)74-97-101(90,91)95-70-76(83)69-94-100(88,89)96-73-77(98-81(86)67-62-57-52-47-42-35-26-23-20-17-14-11-8-3)71-92-79(84)65-60-55-50-45-40-34-25-22-19-16-13-10-7-2/h75-78,83H,6-74H2,1-5H3,(H,88,89)(H,90,91)/t76-,77+,78+/m0/s1. The molecule has 0 aliphatic carbocycles. The van der Waals surface area contributed by atoms with Crippen LogP contribution in [0, 0.1) is 5.92 Å². The maximum absolute atomic E-state index is 13.1. The summed E-state index contributed by atoms with van der Waals surface area (Å²) in [6.45, 7) is 7.38. The first kappa shape index (κ1) is 99.1. The fourth-order valence-electron chi connectivity index (χ4n) is 12.8. The molecule has 5 atom stereocenters. The van der Waals surface area contributed by atoms with E-state index in [1.54, 1.807) is 0 Å². The van der Waals surface area contributed by atoms with E-state index in [1.807, 2.05) is 0 Å². The first-order valence-corrected chi connectivity index (χ1v) is 45.6. The molecular weight excluding hydrogens is 1320 g/mol. The van der Waals surface area contributed by atoms with Crippen molar-refractivity contribution in [3.8, 4) is 0 Å². The molecule has 600 valence electrons. The van der Waals surface area contributed by atoms with Crippen LogP contribution in [0.25, 0.3) is 0 Å². The molecule has 0 saturated carbocycles. The molecule has 0 saturated heterocycles. The van der Waals surface area contributed by atoms with Crippen LogP contribution >= 0.6 is 15.6 Å². The van der Waals surface area contributed by atoms with Crippen molar-refractivity contribution in [1.29, 1.82) is 0 Å². The average Bonchev–Trinajstić information content (AvgIpc) is 0.941. The van der Waals surface area contributed by atoms with Gasteiger partial charge in [0.25, 0.3) is 0 Å². The number of hydrogen-bond donors (Lipinski definition) is 3. The molecule has 0 bridgehead atoms. The highest BCUT2D eigenvalue weighted by Crippen LogP contribution is 2.45. The van der Waals surface area contributed by atoms with E-state index in [-0.39, 0.29) is 25.7 Å². The molecule has 0 amide bonds. The van der Waals surface area contributed by atoms with E-state index in [0.717, 1.165) is 95.8 Å². The number of rotatable bonds is 82. The molecule has 0 aromatic heterocycles. The Morgan fingerprint density at radius 1 is 0.267 bits per heavy atom. The maximum atomic E-state index is 13.1. The second-order valence-electron chi connectivity index (χ2n) is 30.0. The number of esters is 4. The number of hydrogen-bond acceptors (Lipinski definition) is 15. The lowest BCUT2D eigenvalue weighted by molar-refractivity contribution is -0.161. The lowest BCUT2D eigenvalue weighted by Crippen LogP contribution is -2.30. The Bertz CT molecular complexity index is 1930. The number of phosphoric acid groups is 2. The van der Waals surface area contributed by atoms with Crippen LogP contribution in [-0.4, -0.2) is 96.7 Å². The van der Waals surface area contributed by atoms with Gasteiger partial charge in [-0.25, -0.2) is 9.13 Å². The monoisotopic (exact) mass is 1480 g/mol. The fourth-order valence-corrected chi connectivity index (χ4v) is 14.3. The molecule has 0 fully saturated rings. The zero-order valence-corrected chi connectivity index (χ0v) is 67.8. The van der Waals surface area contributed by atoms with Crippen LogP contribution in [-0.2, 0) is 65.4 Å². The van der Waals surface area contributed by atoms with Gasteiger partial charge in [0.05, 0.1) is 26.4 Å². The van der Waals surface area contributed by atoms with E-state index < -0.39 is 97.5 Å². The molecule has 0 aliphatic rings. The summed E-state index contributed by atoms with van der Waals surface area (Å²) < 4.78 is 68.8. The molecule has 0 spiro atoms. The van der Waals surface area contributed by atoms with Crippen molar-refractivity contribution < 1.29 is 80.2 Å². The normalized spacial score (nSPS) is 13.8. The van der Waals surface area contributed by atoms with E-state index in [9.17, 15) is 43.2 Å². The van der Waals surface area contributed by atoms with Gasteiger partial charge in [0.2, 0.25) is 0 Å². The quantitative estimate of drug-likeness (QED) is 0.0222. The second kappa shape index (κ2) is 74.9. The number of phosphoric ester groups is 2. The molecular formula is C82H160O17P2. The van der Waals surface area contributed by atoms with Crippen LogP contribution in [0.5, 0.6) is 0 Å². The summed E-state index contributed by atoms with van der Waals surface area (Å²) in [5, 5.41) is 10.7. The van der Waals surface area contributed by atoms with Gasteiger partial charge in [-0.1, -0.05) is 388 Å². The van der Waals surface area contributed by atoms with Gasteiger partial charge in [-0.3, -0.25) is 37.3 Å². The first-order valence-electron chi connectivity index (χ1n) is 42.6. The zero-order chi connectivity index (χ0) is 74.1. The molecule has 101 heavy (non-hydrogen) atoms. The number of unbranched alkanes of at least 4 members (excludes halogenated alkanes) is 54. The van der Waals surface area contributed by atoms with Crippen LogP contribution in [0.4, 0.5) is 0 Å². The molecule has 0 aromatic carbocycles. The Morgan fingerprint density at radius 3 is 0.673 bits per heavy atom. The van der Waals surface area contributed by atoms with Crippen LogP contribution in [0.15, 0.2) is 0 Å². The summed E-state index contributed by atoms with van der Waals surface area (Å²) in [7, 11) is -9.92. The van der Waals surface area contributed by atoms with Gasteiger partial charge in [-0.05, 0) is 31.6 Å². The van der Waals surface area contributed by atoms with Gasteiger partial charge < -0.3 is 33.8 Å². The summed E-state index contributed by atoms with van der Waals surface area (Å²) in [6.07, 6.45) is 66.4. The highest BCUT2D eigenvalue weighted by Gasteiger charge is 2.30. The van der Waals surface area contributed by atoms with Gasteiger partial charge in [-0.2, -0.15) is 0 Å². The summed E-state index contributed by atoms with van der Waals surface area (Å²) in [5.74, 6) is -1.29. The summed E-state index contributed by atoms with van der Waals surface area (Å²) in [5.41, 5.74) is 0. The Morgan fingerprint density at radius 2 is 0.455 bits per heavy atom. The van der Waals surface area contributed by atoms with Gasteiger partial charge in [0, 0.05) is 25.7 Å². The number of aliphatic hydroxyl groups is 1. The minimum absolute atomic E-state index is 0.109. The van der Waals surface area contributed by atoms with Crippen LogP contribution in [0.3, 0.4) is 0 Å². The van der Waals surface area contributed by atoms with E-state index in [4.69, 9.17) is 37.0 Å². The maximum Gasteiger partial charge on any atom is 0.472 e. The fraction of sp³-hybridized carbons (Fsp3) is 0.951. The molecule has 0 aliphatic heterocycles. The van der Waals surface area contributed by atoms with E-state index >= 15 is 0 Å². The van der Waals surface area contributed by atoms with E-state index in [0.29, 0.717) is 25.7 Å². The molecule has 17 nitrogen and oxygen atoms in total. The molecule has 0 aromatic rings. The third-order valence-corrected chi connectivity index (χ3v) is 21.2. The summed E-state index contributed by atoms with van der Waals surface area (Å²) in [4.78, 5) is 73.1. The SMILES string of the molecule is CCCCCCCCCCCCCCCCCCC(=O)OC[C@H](COP(=O)(O)OC[C@@H](O)COP(=O)(O)OC[C@@H](COC(=O)CCCCCCCCCCCCCCC)OC(=O)CCCCCCCCCCCCCCC)OC(=O)CCCCCCCCCCCCCCCCCCC(C)C. The number of carbonyl (C=O) groups is 4. The molecule has 0 rings (SSSR count). The van der Waals surface area contributed by atoms with E-state index in [1.165, 1.54) is 263 Å². The topological polar surface area (TPSA) is 237 Å². The Balaban J connectivity index is 5.25. The predicted octanol–water partition coefficient (Wildman–Crippen LogP) is 24.8. The van der Waals surface area contributed by atoms with Gasteiger partial charge in [0.15, 0.2) is 12.2 Å². The highest BCUT2D eigenvalue weighted by atomic mass is 31.2. The van der Waals surface area contributed by atoms with Gasteiger partial charge in [-0.15, -0.1) is 0 Å². The van der Waals surface area contributed by atoms with Crippen molar-refractivity contribution in [2.24, 2.45) is 5.92 Å². The molecule has 3 N–H and O–H groups in total. The van der Waals surface area contributed by atoms with Crippen LogP contribution in [0.2, 0.25) is 0 Å². The Labute approximate surface area is 619 Å². The van der Waals surface area contributed by atoms with Crippen molar-refractivity contribution in [2.45, 2.75) is 457 Å². The Hall–Kier alpha value is -1.94. The number of carbonyl (C=O) groups excluding carboxylic acids is 4. The van der Waals surface area contributed by atoms with Gasteiger partial charge in [0.1, 0.15) is 19.3 Å². The average molecular weight is 1480 g/mol. The third-order valence-electron chi connectivity index (χ3n) is 19.3. The first-order chi connectivity index (χ1) is 49.0. The third kappa shape index (κ3) is 76.1. The lowest BCUT2D eigenvalue weighted by atomic mass is 10.0. The Kier molecular flexibility index (Phi) is 73.5. The van der Waals surface area contributed by atoms with E-state index in [2.05, 4.69) is 34.6 Å². The zero-order valence-electron chi connectivity index (χ0n) is 66.1.